The van der Waals surface area contributed by atoms with E-state index in [-0.39, 0.29) is 17.9 Å². The summed E-state index contributed by atoms with van der Waals surface area (Å²) in [7, 11) is 0. The number of amides is 2. The van der Waals surface area contributed by atoms with Gasteiger partial charge in [-0.05, 0) is 43.0 Å². The lowest BCUT2D eigenvalue weighted by atomic mass is 9.95. The molecule has 1 heterocycles. The SMILES string of the molecule is CC(=O)NC(C)c1ccc(-c2csc(NC(=O)C3(c4cccc(Br)c4)CC3)n2)cc1. The highest BCUT2D eigenvalue weighted by molar-refractivity contribution is 9.10. The summed E-state index contributed by atoms with van der Waals surface area (Å²) in [6.45, 7) is 3.46. The average molecular weight is 484 g/mol. The van der Waals surface area contributed by atoms with Crippen LogP contribution in [0.1, 0.15) is 43.9 Å². The van der Waals surface area contributed by atoms with Crippen LogP contribution >= 0.6 is 27.3 Å². The molecule has 0 aliphatic heterocycles. The molecule has 0 saturated heterocycles. The van der Waals surface area contributed by atoms with Gasteiger partial charge in [-0.1, -0.05) is 52.3 Å². The van der Waals surface area contributed by atoms with Crippen LogP contribution in [0.4, 0.5) is 5.13 Å². The molecule has 0 spiro atoms. The number of rotatable bonds is 6. The maximum absolute atomic E-state index is 13.0. The summed E-state index contributed by atoms with van der Waals surface area (Å²) < 4.78 is 0.979. The molecule has 3 aromatic rings. The van der Waals surface area contributed by atoms with Gasteiger partial charge >= 0.3 is 0 Å². The Balaban J connectivity index is 1.46. The second kappa shape index (κ2) is 8.32. The number of carbonyl (C=O) groups is 2. The van der Waals surface area contributed by atoms with Gasteiger partial charge in [0.2, 0.25) is 11.8 Å². The zero-order valence-corrected chi connectivity index (χ0v) is 19.1. The van der Waals surface area contributed by atoms with Crippen LogP contribution in [0.2, 0.25) is 0 Å². The lowest BCUT2D eigenvalue weighted by Crippen LogP contribution is -2.27. The minimum atomic E-state index is -0.447. The number of anilines is 1. The summed E-state index contributed by atoms with van der Waals surface area (Å²) in [5.41, 5.74) is 3.41. The molecule has 2 N–H and O–H groups in total. The van der Waals surface area contributed by atoms with Gasteiger partial charge in [0.25, 0.3) is 0 Å². The largest absolute Gasteiger partial charge is 0.350 e. The number of hydrogen-bond acceptors (Lipinski definition) is 4. The molecule has 0 bridgehead atoms. The van der Waals surface area contributed by atoms with E-state index in [0.717, 1.165) is 39.7 Å². The van der Waals surface area contributed by atoms with Crippen molar-refractivity contribution in [2.75, 3.05) is 5.32 Å². The van der Waals surface area contributed by atoms with Gasteiger partial charge in [-0.25, -0.2) is 4.98 Å². The van der Waals surface area contributed by atoms with Crippen LogP contribution in [-0.4, -0.2) is 16.8 Å². The van der Waals surface area contributed by atoms with Crippen molar-refractivity contribution >= 4 is 44.2 Å². The fourth-order valence-electron chi connectivity index (χ4n) is 3.57. The zero-order chi connectivity index (χ0) is 21.3. The van der Waals surface area contributed by atoms with Crippen molar-refractivity contribution in [3.63, 3.8) is 0 Å². The normalized spacial score (nSPS) is 15.3. The third-order valence-electron chi connectivity index (χ3n) is 5.41. The van der Waals surface area contributed by atoms with Crippen LogP contribution in [-0.2, 0) is 15.0 Å². The van der Waals surface area contributed by atoms with Crippen LogP contribution < -0.4 is 10.6 Å². The topological polar surface area (TPSA) is 71.1 Å². The van der Waals surface area contributed by atoms with Crippen LogP contribution in [0.25, 0.3) is 11.3 Å². The van der Waals surface area contributed by atoms with Crippen molar-refractivity contribution in [1.82, 2.24) is 10.3 Å². The predicted octanol–water partition coefficient (Wildman–Crippen LogP) is 5.44. The first-order chi connectivity index (χ1) is 14.4. The standard InChI is InChI=1S/C23H22BrN3O2S/c1-14(25-15(2)28)16-6-8-17(9-7-16)20-13-30-22(26-20)27-21(29)23(10-11-23)18-4-3-5-19(24)12-18/h3-9,12-14H,10-11H2,1-2H3,(H,25,28)(H,26,27,29). The van der Waals surface area contributed by atoms with Gasteiger partial charge in [-0.3, -0.25) is 9.59 Å². The zero-order valence-electron chi connectivity index (χ0n) is 16.7. The Morgan fingerprint density at radius 1 is 1.17 bits per heavy atom. The summed E-state index contributed by atoms with van der Waals surface area (Å²) in [6.07, 6.45) is 1.70. The molecule has 5 nitrogen and oxygen atoms in total. The minimum absolute atomic E-state index is 0.000907. The Kier molecular flexibility index (Phi) is 5.75. The van der Waals surface area contributed by atoms with E-state index < -0.39 is 5.41 Å². The third-order valence-corrected chi connectivity index (χ3v) is 6.66. The Bertz CT molecular complexity index is 1090. The number of hydrogen-bond donors (Lipinski definition) is 2. The first-order valence-corrected chi connectivity index (χ1v) is 11.5. The first kappa shape index (κ1) is 20.8. The summed E-state index contributed by atoms with van der Waals surface area (Å²) >= 11 is 4.91. The maximum Gasteiger partial charge on any atom is 0.236 e. The molecule has 1 atom stereocenters. The van der Waals surface area contributed by atoms with E-state index in [1.165, 1.54) is 18.3 Å². The molecule has 0 radical (unpaired) electrons. The average Bonchev–Trinajstić information content (AvgIpc) is 3.41. The molecular formula is C23H22BrN3O2S. The fourth-order valence-corrected chi connectivity index (χ4v) is 4.68. The van der Waals surface area contributed by atoms with Crippen molar-refractivity contribution in [3.8, 4) is 11.3 Å². The number of benzene rings is 2. The van der Waals surface area contributed by atoms with E-state index >= 15 is 0 Å². The van der Waals surface area contributed by atoms with Crippen LogP contribution in [0.3, 0.4) is 0 Å². The van der Waals surface area contributed by atoms with Gasteiger partial charge in [0.1, 0.15) is 0 Å². The highest BCUT2D eigenvalue weighted by Gasteiger charge is 2.51. The molecule has 7 heteroatoms. The van der Waals surface area contributed by atoms with E-state index in [1.54, 1.807) is 0 Å². The lowest BCUT2D eigenvalue weighted by molar-refractivity contribution is -0.120. The van der Waals surface area contributed by atoms with Crippen molar-refractivity contribution in [2.45, 2.75) is 38.1 Å². The van der Waals surface area contributed by atoms with Crippen LogP contribution in [0, 0.1) is 0 Å². The molecule has 1 saturated carbocycles. The summed E-state index contributed by atoms with van der Waals surface area (Å²) in [5.74, 6) is -0.0521. The Hall–Kier alpha value is -2.51. The first-order valence-electron chi connectivity index (χ1n) is 9.78. The molecule has 2 aromatic carbocycles. The maximum atomic E-state index is 13.0. The van der Waals surface area contributed by atoms with Gasteiger partial charge in [0.15, 0.2) is 5.13 Å². The van der Waals surface area contributed by atoms with E-state index in [4.69, 9.17) is 0 Å². The molecular weight excluding hydrogens is 462 g/mol. The van der Waals surface area contributed by atoms with Gasteiger partial charge in [-0.2, -0.15) is 0 Å². The van der Waals surface area contributed by atoms with Crippen molar-refractivity contribution in [1.29, 1.82) is 0 Å². The molecule has 30 heavy (non-hydrogen) atoms. The minimum Gasteiger partial charge on any atom is -0.350 e. The van der Waals surface area contributed by atoms with E-state index in [9.17, 15) is 9.59 Å². The molecule has 2 amide bonds. The quantitative estimate of drug-likeness (QED) is 0.490. The van der Waals surface area contributed by atoms with Gasteiger partial charge in [0.05, 0.1) is 17.2 Å². The number of carbonyl (C=O) groups excluding carboxylic acids is 2. The van der Waals surface area contributed by atoms with Crippen LogP contribution in [0.5, 0.6) is 0 Å². The number of nitrogens with zero attached hydrogens (tertiary/aromatic N) is 1. The van der Waals surface area contributed by atoms with E-state index in [0.29, 0.717) is 5.13 Å². The molecule has 154 valence electrons. The second-order valence-electron chi connectivity index (χ2n) is 7.63. The molecule has 1 fully saturated rings. The van der Waals surface area contributed by atoms with Gasteiger partial charge < -0.3 is 10.6 Å². The molecule has 1 unspecified atom stereocenters. The third kappa shape index (κ3) is 4.32. The fraction of sp³-hybridized carbons (Fsp3) is 0.261. The second-order valence-corrected chi connectivity index (χ2v) is 9.40. The smallest absolute Gasteiger partial charge is 0.236 e. The summed E-state index contributed by atoms with van der Waals surface area (Å²) in [5, 5.41) is 8.44. The van der Waals surface area contributed by atoms with Crippen molar-refractivity contribution < 1.29 is 9.59 Å². The molecule has 1 aromatic heterocycles. The van der Waals surface area contributed by atoms with E-state index in [2.05, 4.69) is 31.5 Å². The highest BCUT2D eigenvalue weighted by Crippen LogP contribution is 2.49. The van der Waals surface area contributed by atoms with Crippen molar-refractivity contribution in [2.24, 2.45) is 0 Å². The highest BCUT2D eigenvalue weighted by atomic mass is 79.9. The Morgan fingerprint density at radius 3 is 2.53 bits per heavy atom. The molecule has 4 rings (SSSR count). The van der Waals surface area contributed by atoms with Gasteiger partial charge in [-0.15, -0.1) is 11.3 Å². The summed E-state index contributed by atoms with van der Waals surface area (Å²) in [6, 6.07) is 15.8. The van der Waals surface area contributed by atoms with Crippen molar-refractivity contribution in [3.05, 3.63) is 69.5 Å². The monoisotopic (exact) mass is 483 g/mol. The Morgan fingerprint density at radius 2 is 1.90 bits per heavy atom. The number of halogens is 1. The Labute approximate surface area is 188 Å². The molecule has 1 aliphatic carbocycles. The lowest BCUT2D eigenvalue weighted by Gasteiger charge is -2.15. The number of thiazole rings is 1. The van der Waals surface area contributed by atoms with Crippen LogP contribution in [0.15, 0.2) is 58.4 Å². The predicted molar refractivity (Wildman–Crippen MR) is 123 cm³/mol. The van der Waals surface area contributed by atoms with E-state index in [1.807, 2.05) is 60.8 Å². The number of aromatic nitrogens is 1. The van der Waals surface area contributed by atoms with Gasteiger partial charge in [0, 0.05) is 22.3 Å². The molecule has 1 aliphatic rings. The summed E-state index contributed by atoms with van der Waals surface area (Å²) in [4.78, 5) is 28.8. The number of nitrogens with one attached hydrogen (secondary N) is 2.